The molecule has 0 aliphatic carbocycles. The predicted octanol–water partition coefficient (Wildman–Crippen LogP) is 1.17. The van der Waals surface area contributed by atoms with Gasteiger partial charge in [-0.1, -0.05) is 30.3 Å². The first kappa shape index (κ1) is 25.4. The summed E-state index contributed by atoms with van der Waals surface area (Å²) >= 11 is 0. The topological polar surface area (TPSA) is 105 Å². The van der Waals surface area contributed by atoms with Crippen molar-refractivity contribution >= 4 is 20.0 Å². The van der Waals surface area contributed by atoms with Crippen LogP contribution in [0, 0.1) is 0 Å². The molecule has 0 aromatic heterocycles. The van der Waals surface area contributed by atoms with Crippen LogP contribution in [0.2, 0.25) is 0 Å². The summed E-state index contributed by atoms with van der Waals surface area (Å²) in [4.78, 5) is -0.0583. The average Bonchev–Trinajstić information content (AvgIpc) is 2.84. The third kappa shape index (κ3) is 6.45. The molecule has 33 heavy (non-hydrogen) atoms. The smallest absolute Gasteiger partial charge is 0.246 e. The van der Waals surface area contributed by atoms with E-state index in [1.54, 1.807) is 6.07 Å². The molecule has 2 aromatic rings. The van der Waals surface area contributed by atoms with Crippen LogP contribution < -0.4 is 14.8 Å². The van der Waals surface area contributed by atoms with E-state index in [9.17, 15) is 16.8 Å². The Morgan fingerprint density at radius 1 is 0.939 bits per heavy atom. The quantitative estimate of drug-likeness (QED) is 0.497. The Hall–Kier alpha value is -2.18. The number of hydrogen-bond donors (Lipinski definition) is 1. The van der Waals surface area contributed by atoms with Gasteiger partial charge in [0.15, 0.2) is 0 Å². The van der Waals surface area contributed by atoms with E-state index in [4.69, 9.17) is 9.47 Å². The lowest BCUT2D eigenvalue weighted by Gasteiger charge is -2.28. The Labute approximate surface area is 196 Å². The minimum atomic E-state index is -4.07. The first-order valence-electron chi connectivity index (χ1n) is 10.7. The molecule has 2 aromatic carbocycles. The highest BCUT2D eigenvalue weighted by molar-refractivity contribution is 7.90. The molecule has 1 N–H and O–H groups in total. The molecule has 1 aliphatic heterocycles. The zero-order chi connectivity index (χ0) is 23.9. The van der Waals surface area contributed by atoms with E-state index in [-0.39, 0.29) is 29.5 Å². The third-order valence-corrected chi connectivity index (χ3v) is 9.32. The summed E-state index contributed by atoms with van der Waals surface area (Å²) < 4.78 is 66.2. The van der Waals surface area contributed by atoms with Crippen LogP contribution in [0.5, 0.6) is 11.5 Å². The van der Waals surface area contributed by atoms with Gasteiger partial charge in [-0.15, -0.1) is 0 Å². The lowest BCUT2D eigenvalue weighted by atomic mass is 10.1. The summed E-state index contributed by atoms with van der Waals surface area (Å²) in [6.45, 7) is 1.88. The molecule has 0 spiro atoms. The molecule has 11 heteroatoms. The molecule has 0 amide bonds. The molecule has 9 nitrogen and oxygen atoms in total. The highest BCUT2D eigenvalue weighted by Crippen LogP contribution is 2.31. The van der Waals surface area contributed by atoms with Crippen LogP contribution in [0.15, 0.2) is 53.4 Å². The van der Waals surface area contributed by atoms with E-state index in [1.807, 2.05) is 30.3 Å². The molecule has 0 radical (unpaired) electrons. The van der Waals surface area contributed by atoms with E-state index < -0.39 is 20.0 Å². The fourth-order valence-electron chi connectivity index (χ4n) is 3.64. The number of hydrogen-bond acceptors (Lipinski definition) is 7. The van der Waals surface area contributed by atoms with Crippen LogP contribution in [0.4, 0.5) is 0 Å². The molecule has 182 valence electrons. The first-order valence-corrected chi connectivity index (χ1v) is 13.8. The van der Waals surface area contributed by atoms with Gasteiger partial charge in [0.1, 0.15) is 16.4 Å². The number of benzene rings is 2. The van der Waals surface area contributed by atoms with Crippen molar-refractivity contribution in [3.63, 3.8) is 0 Å². The molecule has 0 atom stereocenters. The summed E-state index contributed by atoms with van der Waals surface area (Å²) in [6.07, 6.45) is 0.444. The van der Waals surface area contributed by atoms with Gasteiger partial charge in [0.2, 0.25) is 20.0 Å². The molecule has 1 heterocycles. The van der Waals surface area contributed by atoms with Crippen molar-refractivity contribution < 1.29 is 26.3 Å². The van der Waals surface area contributed by atoms with Crippen molar-refractivity contribution in [3.05, 3.63) is 54.1 Å². The minimum absolute atomic E-state index is 0.0583. The Kier molecular flexibility index (Phi) is 8.71. The van der Waals surface area contributed by atoms with Gasteiger partial charge in [0.25, 0.3) is 0 Å². The second-order valence-corrected chi connectivity index (χ2v) is 11.6. The monoisotopic (exact) mass is 497 g/mol. The van der Waals surface area contributed by atoms with Crippen molar-refractivity contribution in [3.8, 4) is 11.5 Å². The highest BCUT2D eigenvalue weighted by atomic mass is 32.2. The van der Waals surface area contributed by atoms with Crippen molar-refractivity contribution in [2.75, 3.05) is 59.2 Å². The number of sulfonamides is 2. The maximum absolute atomic E-state index is 13.7. The Balaban J connectivity index is 1.88. The Bertz CT molecular complexity index is 1120. The Morgan fingerprint density at radius 3 is 2.27 bits per heavy atom. The molecule has 0 unspecified atom stereocenters. The van der Waals surface area contributed by atoms with Crippen LogP contribution in [0.3, 0.4) is 0 Å². The van der Waals surface area contributed by atoms with E-state index in [0.29, 0.717) is 38.3 Å². The normalized spacial score (nSPS) is 15.5. The van der Waals surface area contributed by atoms with Crippen LogP contribution in [0.1, 0.15) is 5.56 Å². The lowest BCUT2D eigenvalue weighted by molar-refractivity contribution is 0.355. The maximum Gasteiger partial charge on any atom is 0.246 e. The van der Waals surface area contributed by atoms with Crippen molar-refractivity contribution in [2.45, 2.75) is 11.3 Å². The predicted molar refractivity (Wildman–Crippen MR) is 127 cm³/mol. The molecule has 0 bridgehead atoms. The van der Waals surface area contributed by atoms with Gasteiger partial charge in [-0.2, -0.15) is 8.61 Å². The van der Waals surface area contributed by atoms with Crippen LogP contribution in [-0.4, -0.2) is 84.7 Å². The molecule has 0 saturated carbocycles. The van der Waals surface area contributed by atoms with Crippen molar-refractivity contribution in [1.29, 1.82) is 0 Å². The molecule has 1 fully saturated rings. The molecule has 3 rings (SSSR count). The largest absolute Gasteiger partial charge is 0.497 e. The van der Waals surface area contributed by atoms with Gasteiger partial charge < -0.3 is 14.8 Å². The van der Waals surface area contributed by atoms with Gasteiger partial charge >= 0.3 is 0 Å². The third-order valence-electron chi connectivity index (χ3n) is 5.55. The second kappa shape index (κ2) is 11.3. The van der Waals surface area contributed by atoms with E-state index in [0.717, 1.165) is 5.56 Å². The van der Waals surface area contributed by atoms with Crippen LogP contribution in [-0.2, 0) is 26.5 Å². The second-order valence-electron chi connectivity index (χ2n) is 7.62. The zero-order valence-electron chi connectivity index (χ0n) is 18.9. The summed E-state index contributed by atoms with van der Waals surface area (Å²) in [6, 6.07) is 14.0. The maximum atomic E-state index is 13.7. The number of piperazine rings is 1. The van der Waals surface area contributed by atoms with Gasteiger partial charge in [0.05, 0.1) is 20.0 Å². The molecular weight excluding hydrogens is 466 g/mol. The summed E-state index contributed by atoms with van der Waals surface area (Å²) in [5, 5.41) is 3.12. The SMILES string of the molecule is COc1ccc(OC)c(S(=O)(=O)N(CCc2ccccc2)CCS(=O)(=O)N2CCNCC2)c1. The molecule has 1 saturated heterocycles. The summed E-state index contributed by atoms with van der Waals surface area (Å²) in [5.74, 6) is 0.240. The fraction of sp³-hybridized carbons (Fsp3) is 0.455. The van der Waals surface area contributed by atoms with E-state index in [1.165, 1.54) is 35.0 Å². The van der Waals surface area contributed by atoms with Gasteiger partial charge in [-0.3, -0.25) is 0 Å². The Morgan fingerprint density at radius 2 is 1.64 bits per heavy atom. The standard InChI is InChI=1S/C22H31N3O6S2/c1-30-20-8-9-21(31-2)22(18-20)33(28,29)25(13-10-19-6-4-3-5-7-19)16-17-32(26,27)24-14-11-23-12-15-24/h3-9,18,23H,10-17H2,1-2H3. The highest BCUT2D eigenvalue weighted by Gasteiger charge is 2.31. The van der Waals surface area contributed by atoms with E-state index in [2.05, 4.69) is 5.32 Å². The van der Waals surface area contributed by atoms with Crippen LogP contribution in [0.25, 0.3) is 0 Å². The van der Waals surface area contributed by atoms with Crippen molar-refractivity contribution in [1.82, 2.24) is 13.9 Å². The number of ether oxygens (including phenoxy) is 2. The zero-order valence-corrected chi connectivity index (χ0v) is 20.6. The van der Waals surface area contributed by atoms with Gasteiger partial charge in [-0.05, 0) is 24.1 Å². The van der Waals surface area contributed by atoms with Gasteiger partial charge in [0, 0.05) is 45.3 Å². The van der Waals surface area contributed by atoms with E-state index >= 15 is 0 Å². The number of methoxy groups -OCH3 is 2. The number of nitrogens with zero attached hydrogens (tertiary/aromatic N) is 2. The van der Waals surface area contributed by atoms with Crippen molar-refractivity contribution in [2.24, 2.45) is 0 Å². The summed E-state index contributed by atoms with van der Waals surface area (Å²) in [5.41, 5.74) is 0.959. The minimum Gasteiger partial charge on any atom is -0.497 e. The number of rotatable bonds is 11. The first-order chi connectivity index (χ1) is 15.8. The van der Waals surface area contributed by atoms with Gasteiger partial charge in [-0.25, -0.2) is 16.8 Å². The summed E-state index contributed by atoms with van der Waals surface area (Å²) in [7, 11) is -4.83. The fourth-order valence-corrected chi connectivity index (χ4v) is 6.82. The number of nitrogens with one attached hydrogen (secondary N) is 1. The lowest BCUT2D eigenvalue weighted by Crippen LogP contribution is -2.48. The average molecular weight is 498 g/mol. The molecular formula is C22H31N3O6S2. The molecule has 1 aliphatic rings. The van der Waals surface area contributed by atoms with Crippen LogP contribution >= 0.6 is 0 Å².